The van der Waals surface area contributed by atoms with Gasteiger partial charge in [0.05, 0.1) is 14.2 Å². The van der Waals surface area contributed by atoms with Crippen molar-refractivity contribution in [2.45, 2.75) is 13.8 Å². The summed E-state index contributed by atoms with van der Waals surface area (Å²) < 4.78 is 11.1. The smallest absolute Gasteiger partial charge is 0.119 e. The molecule has 0 aromatic heterocycles. The van der Waals surface area contributed by atoms with E-state index in [-0.39, 0.29) is 0 Å². The molecule has 0 aliphatic rings. The van der Waals surface area contributed by atoms with Crippen molar-refractivity contribution < 1.29 is 9.47 Å². The Balaban J connectivity index is 0.000000191. The van der Waals surface area contributed by atoms with E-state index in [1.807, 2.05) is 56.3 Å². The molecule has 2 aromatic rings. The first-order valence-corrected chi connectivity index (χ1v) is 6.77. The van der Waals surface area contributed by atoms with Crippen LogP contribution in [0.25, 0.3) is 0 Å². The summed E-state index contributed by atoms with van der Waals surface area (Å²) in [7, 11) is 3.34. The molecule has 0 spiro atoms. The van der Waals surface area contributed by atoms with Crippen molar-refractivity contribution in [2.75, 3.05) is 14.2 Å². The summed E-state index contributed by atoms with van der Waals surface area (Å²) in [6.07, 6.45) is 0. The maximum atomic E-state index is 5.03. The lowest BCUT2D eigenvalue weighted by Crippen LogP contribution is -1.83. The molecule has 0 fully saturated rings. The van der Waals surface area contributed by atoms with Crippen LogP contribution >= 0.6 is 15.9 Å². The maximum absolute atomic E-state index is 5.03. The number of hydrogen-bond donors (Lipinski definition) is 0. The van der Waals surface area contributed by atoms with E-state index in [1.54, 1.807) is 14.2 Å². The zero-order valence-corrected chi connectivity index (χ0v) is 13.3. The highest BCUT2D eigenvalue weighted by Gasteiger charge is 1.94. The van der Waals surface area contributed by atoms with Gasteiger partial charge in [0.25, 0.3) is 0 Å². The van der Waals surface area contributed by atoms with Crippen molar-refractivity contribution >= 4 is 15.9 Å². The molecule has 19 heavy (non-hydrogen) atoms. The first-order valence-electron chi connectivity index (χ1n) is 5.97. The van der Waals surface area contributed by atoms with Gasteiger partial charge in [0.2, 0.25) is 0 Å². The number of halogens is 1. The lowest BCUT2D eigenvalue weighted by Gasteiger charge is -2.01. The Morgan fingerprint density at radius 1 is 0.842 bits per heavy atom. The van der Waals surface area contributed by atoms with Gasteiger partial charge in [0, 0.05) is 4.47 Å². The highest BCUT2D eigenvalue weighted by molar-refractivity contribution is 9.10. The highest BCUT2D eigenvalue weighted by Crippen LogP contribution is 2.20. The van der Waals surface area contributed by atoms with Crippen molar-refractivity contribution in [1.29, 1.82) is 0 Å². The molecule has 0 saturated carbocycles. The van der Waals surface area contributed by atoms with Crippen LogP contribution in [0, 0.1) is 13.8 Å². The SMILES string of the molecule is COc1ccc(Br)c(C)c1.COc1cccc(C)c1. The van der Waals surface area contributed by atoms with Crippen LogP contribution < -0.4 is 9.47 Å². The van der Waals surface area contributed by atoms with Crippen LogP contribution in [-0.4, -0.2) is 14.2 Å². The third-order valence-electron chi connectivity index (χ3n) is 2.59. The van der Waals surface area contributed by atoms with Crippen molar-refractivity contribution in [3.63, 3.8) is 0 Å². The zero-order chi connectivity index (χ0) is 14.3. The highest BCUT2D eigenvalue weighted by atomic mass is 79.9. The second-order valence-electron chi connectivity index (χ2n) is 4.14. The summed E-state index contributed by atoms with van der Waals surface area (Å²) in [5.41, 5.74) is 2.42. The van der Waals surface area contributed by atoms with Crippen LogP contribution in [-0.2, 0) is 0 Å². The molecule has 0 aliphatic heterocycles. The normalized spacial score (nSPS) is 9.32. The second-order valence-corrected chi connectivity index (χ2v) is 4.99. The third kappa shape index (κ3) is 5.35. The van der Waals surface area contributed by atoms with Gasteiger partial charge in [-0.1, -0.05) is 28.1 Å². The van der Waals surface area contributed by atoms with Gasteiger partial charge in [-0.25, -0.2) is 0 Å². The van der Waals surface area contributed by atoms with E-state index in [2.05, 4.69) is 15.9 Å². The van der Waals surface area contributed by atoms with Crippen LogP contribution in [0.1, 0.15) is 11.1 Å². The topological polar surface area (TPSA) is 18.5 Å². The molecule has 0 atom stereocenters. The Hall–Kier alpha value is -1.48. The lowest BCUT2D eigenvalue weighted by atomic mass is 10.2. The zero-order valence-electron chi connectivity index (χ0n) is 11.7. The molecule has 0 bridgehead atoms. The predicted octanol–water partition coefficient (Wildman–Crippen LogP) is 4.77. The molecule has 2 aromatic carbocycles. The molecule has 0 saturated heterocycles. The van der Waals surface area contributed by atoms with E-state index in [1.165, 1.54) is 11.1 Å². The minimum absolute atomic E-state index is 0.903. The molecule has 0 radical (unpaired) electrons. The van der Waals surface area contributed by atoms with Crippen molar-refractivity contribution in [2.24, 2.45) is 0 Å². The molecular formula is C16H19BrO2. The average molecular weight is 323 g/mol. The van der Waals surface area contributed by atoms with E-state index in [9.17, 15) is 0 Å². The number of benzene rings is 2. The van der Waals surface area contributed by atoms with Crippen molar-refractivity contribution in [3.8, 4) is 11.5 Å². The molecule has 0 N–H and O–H groups in total. The Kier molecular flexibility index (Phi) is 6.43. The van der Waals surface area contributed by atoms with E-state index in [0.29, 0.717) is 0 Å². The minimum atomic E-state index is 0.903. The van der Waals surface area contributed by atoms with E-state index >= 15 is 0 Å². The Labute approximate surface area is 123 Å². The molecular weight excluding hydrogens is 304 g/mol. The quantitative estimate of drug-likeness (QED) is 0.792. The van der Waals surface area contributed by atoms with Gasteiger partial charge in [0.15, 0.2) is 0 Å². The average Bonchev–Trinajstić information content (AvgIpc) is 2.42. The van der Waals surface area contributed by atoms with Gasteiger partial charge in [-0.05, 0) is 55.3 Å². The van der Waals surface area contributed by atoms with Gasteiger partial charge in [0.1, 0.15) is 11.5 Å². The van der Waals surface area contributed by atoms with Crippen molar-refractivity contribution in [1.82, 2.24) is 0 Å². The fraction of sp³-hybridized carbons (Fsp3) is 0.250. The first-order chi connectivity index (χ1) is 9.06. The minimum Gasteiger partial charge on any atom is -0.497 e. The molecule has 0 amide bonds. The van der Waals surface area contributed by atoms with Crippen LogP contribution in [0.3, 0.4) is 0 Å². The monoisotopic (exact) mass is 322 g/mol. The number of rotatable bonds is 2. The molecule has 0 aliphatic carbocycles. The van der Waals surface area contributed by atoms with Gasteiger partial charge in [-0.3, -0.25) is 0 Å². The molecule has 0 heterocycles. The van der Waals surface area contributed by atoms with Gasteiger partial charge >= 0.3 is 0 Å². The van der Waals surface area contributed by atoms with Crippen LogP contribution in [0.5, 0.6) is 11.5 Å². The lowest BCUT2D eigenvalue weighted by molar-refractivity contribution is 0.414. The standard InChI is InChI=1S/C8H9BrO.C8H10O/c1-6-5-7(10-2)3-4-8(6)9;1-7-4-3-5-8(6-7)9-2/h3-5H,1-2H3;3-6H,1-2H3. The number of methoxy groups -OCH3 is 2. The van der Waals surface area contributed by atoms with Crippen LogP contribution in [0.2, 0.25) is 0 Å². The molecule has 102 valence electrons. The Bertz CT molecular complexity index is 524. The maximum Gasteiger partial charge on any atom is 0.119 e. The van der Waals surface area contributed by atoms with Crippen LogP contribution in [0.15, 0.2) is 46.9 Å². The number of aryl methyl sites for hydroxylation is 2. The third-order valence-corrected chi connectivity index (χ3v) is 3.48. The number of hydrogen-bond acceptors (Lipinski definition) is 2. The summed E-state index contributed by atoms with van der Waals surface area (Å²) in [4.78, 5) is 0. The Morgan fingerprint density at radius 3 is 1.95 bits per heavy atom. The summed E-state index contributed by atoms with van der Waals surface area (Å²) in [6, 6.07) is 13.9. The molecule has 2 nitrogen and oxygen atoms in total. The van der Waals surface area contributed by atoms with E-state index in [0.717, 1.165) is 16.0 Å². The van der Waals surface area contributed by atoms with Crippen LogP contribution in [0.4, 0.5) is 0 Å². The summed E-state index contributed by atoms with van der Waals surface area (Å²) in [6.45, 7) is 4.08. The van der Waals surface area contributed by atoms with Gasteiger partial charge < -0.3 is 9.47 Å². The van der Waals surface area contributed by atoms with E-state index < -0.39 is 0 Å². The second kappa shape index (κ2) is 7.85. The fourth-order valence-corrected chi connectivity index (χ4v) is 1.73. The largest absolute Gasteiger partial charge is 0.497 e. The first kappa shape index (κ1) is 15.6. The van der Waals surface area contributed by atoms with Crippen molar-refractivity contribution in [3.05, 3.63) is 58.1 Å². The summed E-state index contributed by atoms with van der Waals surface area (Å²) >= 11 is 3.40. The van der Waals surface area contributed by atoms with E-state index in [4.69, 9.17) is 9.47 Å². The fourth-order valence-electron chi connectivity index (χ4n) is 1.49. The summed E-state index contributed by atoms with van der Waals surface area (Å²) in [5, 5.41) is 0. The molecule has 0 unspecified atom stereocenters. The molecule has 2 rings (SSSR count). The molecule has 3 heteroatoms. The Morgan fingerprint density at radius 2 is 1.47 bits per heavy atom. The number of ether oxygens (including phenoxy) is 2. The predicted molar refractivity (Wildman–Crippen MR) is 83.2 cm³/mol. The van der Waals surface area contributed by atoms with Gasteiger partial charge in [-0.2, -0.15) is 0 Å². The summed E-state index contributed by atoms with van der Waals surface area (Å²) in [5.74, 6) is 1.83. The van der Waals surface area contributed by atoms with Gasteiger partial charge in [-0.15, -0.1) is 0 Å².